The maximum absolute atomic E-state index is 12.0. The van der Waals surface area contributed by atoms with Crippen molar-refractivity contribution in [2.75, 3.05) is 0 Å². The van der Waals surface area contributed by atoms with Crippen molar-refractivity contribution in [3.05, 3.63) is 0 Å². The molecule has 3 heteroatoms. The van der Waals surface area contributed by atoms with Gasteiger partial charge in [-0.2, -0.15) is 0 Å². The summed E-state index contributed by atoms with van der Waals surface area (Å²) in [6, 6.07) is 0.266. The second-order valence-electron chi connectivity index (χ2n) is 6.36. The first-order valence-electron chi connectivity index (χ1n) is 7.61. The highest BCUT2D eigenvalue weighted by molar-refractivity contribution is 5.77. The number of hydrogen-bond acceptors (Lipinski definition) is 2. The molecule has 0 heterocycles. The fourth-order valence-electron chi connectivity index (χ4n) is 3.57. The number of rotatable bonds is 4. The standard InChI is InChI=1S/C15H27NO2/c1-12(13-7-3-2-4-8-13)16-14(17)11-15(18)9-5-6-10-15/h12-13,18H,2-11H2,1H3,(H,16,17). The van der Waals surface area contributed by atoms with Gasteiger partial charge in [-0.05, 0) is 38.5 Å². The van der Waals surface area contributed by atoms with Crippen molar-refractivity contribution in [3.63, 3.8) is 0 Å². The predicted molar refractivity (Wildman–Crippen MR) is 72.2 cm³/mol. The minimum atomic E-state index is -0.712. The quantitative estimate of drug-likeness (QED) is 0.809. The molecule has 0 aromatic rings. The molecule has 2 saturated carbocycles. The van der Waals surface area contributed by atoms with Gasteiger partial charge in [0.05, 0.1) is 12.0 Å². The molecular weight excluding hydrogens is 226 g/mol. The SMILES string of the molecule is CC(NC(=O)CC1(O)CCCC1)C1CCCCC1. The molecule has 2 aliphatic rings. The van der Waals surface area contributed by atoms with Gasteiger partial charge in [-0.15, -0.1) is 0 Å². The van der Waals surface area contributed by atoms with Gasteiger partial charge < -0.3 is 10.4 Å². The lowest BCUT2D eigenvalue weighted by atomic mass is 9.84. The summed E-state index contributed by atoms with van der Waals surface area (Å²) in [6.07, 6.45) is 10.4. The summed E-state index contributed by atoms with van der Waals surface area (Å²) >= 11 is 0. The minimum Gasteiger partial charge on any atom is -0.389 e. The van der Waals surface area contributed by atoms with Crippen LogP contribution >= 0.6 is 0 Å². The summed E-state index contributed by atoms with van der Waals surface area (Å²) in [6.45, 7) is 2.12. The molecule has 0 spiro atoms. The number of carbonyl (C=O) groups is 1. The third-order valence-corrected chi connectivity index (χ3v) is 4.77. The summed E-state index contributed by atoms with van der Waals surface area (Å²) in [5.74, 6) is 0.679. The molecule has 1 unspecified atom stereocenters. The van der Waals surface area contributed by atoms with Crippen molar-refractivity contribution in [3.8, 4) is 0 Å². The number of carbonyl (C=O) groups excluding carboxylic acids is 1. The van der Waals surface area contributed by atoms with E-state index in [0.717, 1.165) is 25.7 Å². The molecule has 18 heavy (non-hydrogen) atoms. The van der Waals surface area contributed by atoms with Crippen LogP contribution in [0.2, 0.25) is 0 Å². The zero-order valence-electron chi connectivity index (χ0n) is 11.6. The molecule has 1 amide bonds. The Kier molecular flexibility index (Phi) is 4.66. The highest BCUT2D eigenvalue weighted by atomic mass is 16.3. The van der Waals surface area contributed by atoms with Gasteiger partial charge in [-0.3, -0.25) is 4.79 Å². The molecule has 0 aromatic heterocycles. The van der Waals surface area contributed by atoms with E-state index in [9.17, 15) is 9.90 Å². The van der Waals surface area contributed by atoms with E-state index in [1.807, 2.05) is 0 Å². The fourth-order valence-corrected chi connectivity index (χ4v) is 3.57. The molecule has 0 bridgehead atoms. The van der Waals surface area contributed by atoms with Crippen LogP contribution in [0.3, 0.4) is 0 Å². The summed E-state index contributed by atoms with van der Waals surface area (Å²) in [5, 5.41) is 13.3. The van der Waals surface area contributed by atoms with E-state index in [1.54, 1.807) is 0 Å². The molecule has 0 aromatic carbocycles. The van der Waals surface area contributed by atoms with Crippen LogP contribution in [0, 0.1) is 5.92 Å². The van der Waals surface area contributed by atoms with Crippen LogP contribution in [0.4, 0.5) is 0 Å². The van der Waals surface area contributed by atoms with E-state index in [1.165, 1.54) is 32.1 Å². The Morgan fingerprint density at radius 2 is 1.83 bits per heavy atom. The third-order valence-electron chi connectivity index (χ3n) is 4.77. The van der Waals surface area contributed by atoms with Crippen LogP contribution in [0.25, 0.3) is 0 Å². The van der Waals surface area contributed by atoms with Crippen LogP contribution in [0.15, 0.2) is 0 Å². The molecule has 2 rings (SSSR count). The zero-order valence-corrected chi connectivity index (χ0v) is 11.6. The van der Waals surface area contributed by atoms with Crippen molar-refractivity contribution in [2.24, 2.45) is 5.92 Å². The number of hydrogen-bond donors (Lipinski definition) is 2. The minimum absolute atomic E-state index is 0.0393. The van der Waals surface area contributed by atoms with Gasteiger partial charge in [0.15, 0.2) is 0 Å². The van der Waals surface area contributed by atoms with Crippen LogP contribution in [0.1, 0.15) is 71.1 Å². The molecule has 0 aliphatic heterocycles. The molecule has 0 radical (unpaired) electrons. The van der Waals surface area contributed by atoms with E-state index >= 15 is 0 Å². The summed E-state index contributed by atoms with van der Waals surface area (Å²) in [5.41, 5.74) is -0.712. The van der Waals surface area contributed by atoms with E-state index < -0.39 is 5.60 Å². The Labute approximate surface area is 110 Å². The highest BCUT2D eigenvalue weighted by Gasteiger charge is 2.34. The number of amides is 1. The van der Waals surface area contributed by atoms with Gasteiger partial charge in [0.1, 0.15) is 0 Å². The highest BCUT2D eigenvalue weighted by Crippen LogP contribution is 2.32. The maximum atomic E-state index is 12.0. The van der Waals surface area contributed by atoms with Crippen LogP contribution in [0.5, 0.6) is 0 Å². The topological polar surface area (TPSA) is 49.3 Å². The smallest absolute Gasteiger partial charge is 0.223 e. The number of aliphatic hydroxyl groups is 1. The van der Waals surface area contributed by atoms with E-state index in [4.69, 9.17) is 0 Å². The van der Waals surface area contributed by atoms with E-state index in [-0.39, 0.29) is 11.9 Å². The first kappa shape index (κ1) is 13.9. The van der Waals surface area contributed by atoms with Crippen molar-refractivity contribution in [1.29, 1.82) is 0 Å². The van der Waals surface area contributed by atoms with Crippen LogP contribution in [-0.4, -0.2) is 22.7 Å². The van der Waals surface area contributed by atoms with Gasteiger partial charge in [-0.1, -0.05) is 32.1 Å². The van der Waals surface area contributed by atoms with Gasteiger partial charge in [0.2, 0.25) is 5.91 Å². The van der Waals surface area contributed by atoms with Crippen LogP contribution < -0.4 is 5.32 Å². The normalized spacial score (nSPS) is 25.9. The molecule has 2 aliphatic carbocycles. The Hall–Kier alpha value is -0.570. The van der Waals surface area contributed by atoms with Crippen LogP contribution in [-0.2, 0) is 4.79 Å². The second-order valence-corrected chi connectivity index (χ2v) is 6.36. The molecule has 3 nitrogen and oxygen atoms in total. The summed E-state index contributed by atoms with van der Waals surface area (Å²) < 4.78 is 0. The predicted octanol–water partition coefficient (Wildman–Crippen LogP) is 2.77. The van der Waals surface area contributed by atoms with Crippen molar-refractivity contribution in [2.45, 2.75) is 82.8 Å². The molecular formula is C15H27NO2. The molecule has 0 saturated heterocycles. The molecule has 2 N–H and O–H groups in total. The Morgan fingerprint density at radius 3 is 2.44 bits per heavy atom. The van der Waals surface area contributed by atoms with Gasteiger partial charge in [-0.25, -0.2) is 0 Å². The lowest BCUT2D eigenvalue weighted by Gasteiger charge is -2.29. The first-order chi connectivity index (χ1) is 8.59. The largest absolute Gasteiger partial charge is 0.389 e. The summed E-state index contributed by atoms with van der Waals surface area (Å²) in [7, 11) is 0. The maximum Gasteiger partial charge on any atom is 0.223 e. The van der Waals surface area contributed by atoms with Gasteiger partial charge >= 0.3 is 0 Å². The monoisotopic (exact) mass is 253 g/mol. The Bertz CT molecular complexity index is 278. The summed E-state index contributed by atoms with van der Waals surface area (Å²) in [4.78, 5) is 12.0. The molecule has 2 fully saturated rings. The van der Waals surface area contributed by atoms with E-state index in [2.05, 4.69) is 12.2 Å². The van der Waals surface area contributed by atoms with Crippen molar-refractivity contribution in [1.82, 2.24) is 5.32 Å². The number of nitrogens with one attached hydrogen (secondary N) is 1. The van der Waals surface area contributed by atoms with Gasteiger partial charge in [0, 0.05) is 6.04 Å². The first-order valence-corrected chi connectivity index (χ1v) is 7.61. The third kappa shape index (κ3) is 3.71. The Balaban J connectivity index is 1.75. The average Bonchev–Trinajstić information content (AvgIpc) is 2.76. The molecule has 104 valence electrons. The average molecular weight is 253 g/mol. The fraction of sp³-hybridized carbons (Fsp3) is 0.933. The van der Waals surface area contributed by atoms with Crippen molar-refractivity contribution < 1.29 is 9.90 Å². The Morgan fingerprint density at radius 1 is 1.22 bits per heavy atom. The zero-order chi connectivity index (χ0) is 13.0. The van der Waals surface area contributed by atoms with Gasteiger partial charge in [0.25, 0.3) is 0 Å². The second kappa shape index (κ2) is 6.05. The lowest BCUT2D eigenvalue weighted by Crippen LogP contribution is -2.42. The van der Waals surface area contributed by atoms with Crippen molar-refractivity contribution >= 4 is 5.91 Å². The van der Waals surface area contributed by atoms with E-state index in [0.29, 0.717) is 12.3 Å². The lowest BCUT2D eigenvalue weighted by molar-refractivity contribution is -0.126. The molecule has 1 atom stereocenters.